The van der Waals surface area contributed by atoms with Gasteiger partial charge in [0.15, 0.2) is 0 Å². The third kappa shape index (κ3) is 2.17. The highest BCUT2D eigenvalue weighted by Crippen LogP contribution is 2.28. The lowest BCUT2D eigenvalue weighted by Gasteiger charge is -2.19. The molecule has 0 radical (unpaired) electrons. The lowest BCUT2D eigenvalue weighted by molar-refractivity contribution is 0.628. The average molecular weight is 215 g/mol. The molecule has 0 aromatic heterocycles. The van der Waals surface area contributed by atoms with Gasteiger partial charge in [0.2, 0.25) is 0 Å². The summed E-state index contributed by atoms with van der Waals surface area (Å²) in [5.41, 5.74) is 6.77. The molecule has 0 aliphatic rings. The van der Waals surface area contributed by atoms with E-state index in [4.69, 9.17) is 17.3 Å². The zero-order chi connectivity index (χ0) is 10.7. The topological polar surface area (TPSA) is 29.3 Å². The molecule has 4 heteroatoms. The molecule has 0 saturated carbocycles. The minimum Gasteiger partial charge on any atom is -0.397 e. The number of rotatable bonds is 3. The molecule has 0 aliphatic carbocycles. The van der Waals surface area contributed by atoms with Gasteiger partial charge in [-0.2, -0.15) is 0 Å². The van der Waals surface area contributed by atoms with E-state index >= 15 is 0 Å². The molecule has 0 atom stereocenters. The highest BCUT2D eigenvalue weighted by molar-refractivity contribution is 6.31. The van der Waals surface area contributed by atoms with E-state index in [0.29, 0.717) is 17.9 Å². The van der Waals surface area contributed by atoms with Crippen molar-refractivity contribution in [1.29, 1.82) is 0 Å². The van der Waals surface area contributed by atoms with Gasteiger partial charge in [0.1, 0.15) is 5.82 Å². The smallest absolute Gasteiger partial charge is 0.144 e. The number of nitrogens with two attached hydrogens (primary N) is 1. The highest BCUT2D eigenvalue weighted by Gasteiger charge is 2.08. The van der Waals surface area contributed by atoms with Crippen LogP contribution in [0.2, 0.25) is 5.02 Å². The maximum absolute atomic E-state index is 13.1. The van der Waals surface area contributed by atoms with E-state index in [1.807, 2.05) is 0 Å². The van der Waals surface area contributed by atoms with Gasteiger partial charge in [-0.3, -0.25) is 0 Å². The SMILES string of the molecule is C=CCN(C)c1cc(F)c(Cl)cc1N. The Morgan fingerprint density at radius 1 is 1.64 bits per heavy atom. The van der Waals surface area contributed by atoms with Crippen molar-refractivity contribution >= 4 is 23.0 Å². The number of hydrogen-bond donors (Lipinski definition) is 1. The fraction of sp³-hybridized carbons (Fsp3) is 0.200. The van der Waals surface area contributed by atoms with Crippen molar-refractivity contribution in [2.75, 3.05) is 24.2 Å². The third-order valence-electron chi connectivity index (χ3n) is 1.88. The van der Waals surface area contributed by atoms with Crippen LogP contribution in [0.3, 0.4) is 0 Å². The summed E-state index contributed by atoms with van der Waals surface area (Å²) in [4.78, 5) is 1.79. The molecule has 0 heterocycles. The number of benzene rings is 1. The summed E-state index contributed by atoms with van der Waals surface area (Å²) in [6.45, 7) is 4.20. The standard InChI is InChI=1S/C10H12ClFN2/c1-3-4-14(2)10-6-8(12)7(11)5-9(10)13/h3,5-6H,1,4,13H2,2H3. The minimum absolute atomic E-state index is 0.0400. The second-order valence-corrected chi connectivity index (χ2v) is 3.40. The first-order chi connectivity index (χ1) is 6.56. The fourth-order valence-electron chi connectivity index (χ4n) is 1.17. The van der Waals surface area contributed by atoms with Crippen LogP contribution < -0.4 is 10.6 Å². The van der Waals surface area contributed by atoms with Crippen LogP contribution in [0.25, 0.3) is 0 Å². The van der Waals surface area contributed by atoms with E-state index in [1.165, 1.54) is 12.1 Å². The monoisotopic (exact) mass is 214 g/mol. The molecule has 0 spiro atoms. The van der Waals surface area contributed by atoms with Gasteiger partial charge in [0.05, 0.1) is 16.4 Å². The van der Waals surface area contributed by atoms with Crippen molar-refractivity contribution < 1.29 is 4.39 Å². The molecule has 0 unspecified atom stereocenters. The van der Waals surface area contributed by atoms with Gasteiger partial charge >= 0.3 is 0 Å². The summed E-state index contributed by atoms with van der Waals surface area (Å²) in [5.74, 6) is -0.466. The van der Waals surface area contributed by atoms with Gasteiger partial charge in [-0.15, -0.1) is 6.58 Å². The number of nitrogen functional groups attached to an aromatic ring is 1. The fourth-order valence-corrected chi connectivity index (χ4v) is 1.35. The van der Waals surface area contributed by atoms with E-state index in [9.17, 15) is 4.39 Å². The Hall–Kier alpha value is -1.22. The second kappa shape index (κ2) is 4.33. The first-order valence-corrected chi connectivity index (χ1v) is 4.50. The van der Waals surface area contributed by atoms with Gasteiger partial charge in [0.25, 0.3) is 0 Å². The average Bonchev–Trinajstić information content (AvgIpc) is 2.11. The summed E-state index contributed by atoms with van der Waals surface area (Å²) in [6.07, 6.45) is 1.71. The molecule has 0 fully saturated rings. The van der Waals surface area contributed by atoms with E-state index < -0.39 is 5.82 Å². The predicted molar refractivity (Wildman–Crippen MR) is 59.3 cm³/mol. The quantitative estimate of drug-likeness (QED) is 0.619. The lowest BCUT2D eigenvalue weighted by atomic mass is 10.2. The maximum atomic E-state index is 13.1. The largest absolute Gasteiger partial charge is 0.397 e. The summed E-state index contributed by atoms with van der Waals surface area (Å²) in [7, 11) is 1.81. The molecule has 0 bridgehead atoms. The van der Waals surface area contributed by atoms with Gasteiger partial charge in [-0.05, 0) is 6.07 Å². The van der Waals surface area contributed by atoms with Crippen LogP contribution in [-0.2, 0) is 0 Å². The number of nitrogens with zero attached hydrogens (tertiary/aromatic N) is 1. The first-order valence-electron chi connectivity index (χ1n) is 4.12. The molecule has 1 aromatic carbocycles. The number of hydrogen-bond acceptors (Lipinski definition) is 2. The van der Waals surface area contributed by atoms with Crippen LogP contribution in [0.1, 0.15) is 0 Å². The van der Waals surface area contributed by atoms with Crippen LogP contribution >= 0.6 is 11.6 Å². The van der Waals surface area contributed by atoms with Gasteiger partial charge in [-0.1, -0.05) is 17.7 Å². The zero-order valence-corrected chi connectivity index (χ0v) is 8.68. The maximum Gasteiger partial charge on any atom is 0.144 e. The molecular weight excluding hydrogens is 203 g/mol. The van der Waals surface area contributed by atoms with Crippen LogP contribution in [0.4, 0.5) is 15.8 Å². The molecule has 1 aromatic rings. The minimum atomic E-state index is -0.466. The molecule has 0 amide bonds. The van der Waals surface area contributed by atoms with E-state index in [-0.39, 0.29) is 5.02 Å². The third-order valence-corrected chi connectivity index (χ3v) is 2.17. The molecule has 76 valence electrons. The molecule has 0 aliphatic heterocycles. The molecular formula is C10H12ClFN2. The Balaban J connectivity index is 3.08. The Kier molecular flexibility index (Phi) is 3.36. The van der Waals surface area contributed by atoms with Gasteiger partial charge in [0, 0.05) is 19.7 Å². The van der Waals surface area contributed by atoms with Crippen LogP contribution in [0, 0.1) is 5.82 Å². The highest BCUT2D eigenvalue weighted by atomic mass is 35.5. The molecule has 2 N–H and O–H groups in total. The Labute approximate surface area is 87.8 Å². The van der Waals surface area contributed by atoms with Crippen molar-refractivity contribution in [3.05, 3.63) is 35.6 Å². The van der Waals surface area contributed by atoms with Crippen molar-refractivity contribution in [2.45, 2.75) is 0 Å². The number of anilines is 2. The first kappa shape index (κ1) is 10.9. The second-order valence-electron chi connectivity index (χ2n) is 2.99. The van der Waals surface area contributed by atoms with Crippen molar-refractivity contribution in [3.8, 4) is 0 Å². The van der Waals surface area contributed by atoms with Crippen molar-refractivity contribution in [1.82, 2.24) is 0 Å². The summed E-state index contributed by atoms with van der Waals surface area (Å²) < 4.78 is 13.1. The zero-order valence-electron chi connectivity index (χ0n) is 7.93. The summed E-state index contributed by atoms with van der Waals surface area (Å²) >= 11 is 5.57. The van der Waals surface area contributed by atoms with Crippen molar-refractivity contribution in [3.63, 3.8) is 0 Å². The normalized spacial score (nSPS) is 9.93. The number of halogens is 2. The molecule has 0 saturated heterocycles. The number of likely N-dealkylation sites (N-methyl/N-ethyl adjacent to an activating group) is 1. The van der Waals surface area contributed by atoms with Gasteiger partial charge < -0.3 is 10.6 Å². The van der Waals surface area contributed by atoms with Crippen LogP contribution in [0.15, 0.2) is 24.8 Å². The summed E-state index contributed by atoms with van der Waals surface area (Å²) in [6, 6.07) is 2.73. The Bertz CT molecular complexity index is 352. The van der Waals surface area contributed by atoms with Crippen molar-refractivity contribution in [2.24, 2.45) is 0 Å². The lowest BCUT2D eigenvalue weighted by Crippen LogP contribution is -2.18. The van der Waals surface area contributed by atoms with E-state index in [1.54, 1.807) is 18.0 Å². The predicted octanol–water partition coefficient (Wildman–Crippen LogP) is 2.68. The summed E-state index contributed by atoms with van der Waals surface area (Å²) in [5, 5.41) is 0.0400. The molecule has 14 heavy (non-hydrogen) atoms. The van der Waals surface area contributed by atoms with E-state index in [2.05, 4.69) is 6.58 Å². The Morgan fingerprint density at radius 2 is 2.29 bits per heavy atom. The molecule has 2 nitrogen and oxygen atoms in total. The van der Waals surface area contributed by atoms with Crippen LogP contribution in [0.5, 0.6) is 0 Å². The van der Waals surface area contributed by atoms with Crippen LogP contribution in [-0.4, -0.2) is 13.6 Å². The Morgan fingerprint density at radius 3 is 2.86 bits per heavy atom. The van der Waals surface area contributed by atoms with E-state index in [0.717, 1.165) is 0 Å². The van der Waals surface area contributed by atoms with Gasteiger partial charge in [-0.25, -0.2) is 4.39 Å². The molecule has 1 rings (SSSR count).